The Balaban J connectivity index is 2.89. The van der Waals surface area contributed by atoms with Crippen LogP contribution in [-0.2, 0) is 14.3 Å². The lowest BCUT2D eigenvalue weighted by Crippen LogP contribution is -2.45. The largest absolute Gasteiger partial charge is 0.464 e. The first kappa shape index (κ1) is 15.2. The van der Waals surface area contributed by atoms with Crippen molar-refractivity contribution in [2.75, 3.05) is 6.61 Å². The molecule has 0 heterocycles. The molecule has 2 atom stereocenters. The molecule has 5 nitrogen and oxygen atoms in total. The molecule has 5 heteroatoms. The van der Waals surface area contributed by atoms with E-state index in [0.29, 0.717) is 5.56 Å². The van der Waals surface area contributed by atoms with Crippen LogP contribution in [0.25, 0.3) is 0 Å². The first-order chi connectivity index (χ1) is 9.10. The van der Waals surface area contributed by atoms with Crippen LogP contribution in [0.5, 0.6) is 0 Å². The molecular formula is C14H19NO4. The van der Waals surface area contributed by atoms with Gasteiger partial charge in [-0.3, -0.25) is 4.79 Å². The van der Waals surface area contributed by atoms with Gasteiger partial charge in [0.05, 0.1) is 6.61 Å². The van der Waals surface area contributed by atoms with E-state index in [9.17, 15) is 14.7 Å². The highest BCUT2D eigenvalue weighted by Crippen LogP contribution is 2.17. The van der Waals surface area contributed by atoms with Crippen molar-refractivity contribution in [1.82, 2.24) is 5.32 Å². The van der Waals surface area contributed by atoms with Crippen LogP contribution in [0.1, 0.15) is 31.9 Å². The lowest BCUT2D eigenvalue weighted by molar-refractivity contribution is -0.150. The van der Waals surface area contributed by atoms with Gasteiger partial charge in [-0.1, -0.05) is 37.3 Å². The van der Waals surface area contributed by atoms with Gasteiger partial charge < -0.3 is 15.2 Å². The molecule has 2 N–H and O–H groups in total. The monoisotopic (exact) mass is 265 g/mol. The molecule has 19 heavy (non-hydrogen) atoms. The highest BCUT2D eigenvalue weighted by atomic mass is 16.5. The zero-order valence-electron chi connectivity index (χ0n) is 11.1. The molecule has 0 bridgehead atoms. The first-order valence-electron chi connectivity index (χ1n) is 6.29. The van der Waals surface area contributed by atoms with Crippen LogP contribution in [0, 0.1) is 0 Å². The maximum absolute atomic E-state index is 11.8. The fraction of sp³-hybridized carbons (Fsp3) is 0.429. The van der Waals surface area contributed by atoms with Gasteiger partial charge in [0.25, 0.3) is 0 Å². The average Bonchev–Trinajstić information content (AvgIpc) is 2.44. The van der Waals surface area contributed by atoms with E-state index < -0.39 is 18.1 Å². The number of benzene rings is 1. The van der Waals surface area contributed by atoms with Crippen molar-refractivity contribution in [1.29, 1.82) is 0 Å². The van der Waals surface area contributed by atoms with Crippen molar-refractivity contribution in [3.63, 3.8) is 0 Å². The molecule has 0 radical (unpaired) electrons. The van der Waals surface area contributed by atoms with E-state index >= 15 is 0 Å². The van der Waals surface area contributed by atoms with Crippen molar-refractivity contribution >= 4 is 11.9 Å². The minimum Gasteiger partial charge on any atom is -0.464 e. The summed E-state index contributed by atoms with van der Waals surface area (Å²) in [7, 11) is 0. The minimum absolute atomic E-state index is 0.193. The van der Waals surface area contributed by atoms with Gasteiger partial charge in [0.2, 0.25) is 5.91 Å². The number of amides is 1. The Kier molecular flexibility index (Phi) is 6.02. The maximum Gasteiger partial charge on any atom is 0.331 e. The molecule has 1 amide bonds. The second kappa shape index (κ2) is 7.53. The third-order valence-electron chi connectivity index (χ3n) is 2.63. The van der Waals surface area contributed by atoms with Crippen LogP contribution in [0.2, 0.25) is 0 Å². The summed E-state index contributed by atoms with van der Waals surface area (Å²) in [6, 6.07) is 7.60. The van der Waals surface area contributed by atoms with Crippen molar-refractivity contribution in [3.05, 3.63) is 35.9 Å². The third kappa shape index (κ3) is 4.37. The van der Waals surface area contributed by atoms with Crippen molar-refractivity contribution < 1.29 is 19.4 Å². The Bertz CT molecular complexity index is 419. The Morgan fingerprint density at radius 1 is 1.26 bits per heavy atom. The van der Waals surface area contributed by atoms with Gasteiger partial charge in [0.15, 0.2) is 6.04 Å². The molecular weight excluding hydrogens is 246 g/mol. The van der Waals surface area contributed by atoms with E-state index in [1.54, 1.807) is 44.2 Å². The SMILES string of the molecule is CCOC(=O)C(NC(=O)CC)C(O)c1ccccc1. The maximum atomic E-state index is 11.8. The number of nitrogens with one attached hydrogen (secondary N) is 1. The molecule has 1 rings (SSSR count). The number of hydrogen-bond acceptors (Lipinski definition) is 4. The lowest BCUT2D eigenvalue weighted by Gasteiger charge is -2.22. The first-order valence-corrected chi connectivity index (χ1v) is 6.29. The summed E-state index contributed by atoms with van der Waals surface area (Å²) in [4.78, 5) is 23.2. The predicted octanol–water partition coefficient (Wildman–Crippen LogP) is 1.18. The van der Waals surface area contributed by atoms with Gasteiger partial charge >= 0.3 is 5.97 Å². The number of aliphatic hydroxyl groups excluding tert-OH is 1. The molecule has 0 aliphatic heterocycles. The Hall–Kier alpha value is -1.88. The summed E-state index contributed by atoms with van der Waals surface area (Å²) >= 11 is 0. The van der Waals surface area contributed by atoms with Gasteiger partial charge in [-0.25, -0.2) is 4.79 Å². The van der Waals surface area contributed by atoms with Crippen LogP contribution in [0.3, 0.4) is 0 Å². The topological polar surface area (TPSA) is 75.6 Å². The molecule has 0 aliphatic carbocycles. The number of esters is 1. The van der Waals surface area contributed by atoms with Gasteiger partial charge in [-0.2, -0.15) is 0 Å². The van der Waals surface area contributed by atoms with E-state index in [2.05, 4.69) is 5.32 Å². The normalized spacial score (nSPS) is 13.4. The van der Waals surface area contributed by atoms with Crippen LogP contribution in [0.4, 0.5) is 0 Å². The second-order valence-electron chi connectivity index (χ2n) is 4.01. The minimum atomic E-state index is -1.13. The van der Waals surface area contributed by atoms with E-state index in [1.807, 2.05) is 0 Å². The van der Waals surface area contributed by atoms with E-state index in [4.69, 9.17) is 4.74 Å². The van der Waals surface area contributed by atoms with Gasteiger partial charge in [0, 0.05) is 6.42 Å². The fourth-order valence-corrected chi connectivity index (χ4v) is 1.62. The van der Waals surface area contributed by atoms with Crippen molar-refractivity contribution in [3.8, 4) is 0 Å². The van der Waals surface area contributed by atoms with E-state index in [1.165, 1.54) is 0 Å². The molecule has 1 aromatic carbocycles. The fourth-order valence-electron chi connectivity index (χ4n) is 1.62. The van der Waals surface area contributed by atoms with Gasteiger partial charge in [-0.05, 0) is 12.5 Å². The molecule has 0 aromatic heterocycles. The smallest absolute Gasteiger partial charge is 0.331 e. The summed E-state index contributed by atoms with van der Waals surface area (Å²) in [5.74, 6) is -0.950. The molecule has 0 saturated heterocycles. The van der Waals surface area contributed by atoms with Crippen LogP contribution < -0.4 is 5.32 Å². The van der Waals surface area contributed by atoms with Gasteiger partial charge in [0.1, 0.15) is 6.10 Å². The lowest BCUT2D eigenvalue weighted by atomic mass is 10.0. The number of carbonyl (C=O) groups is 2. The molecule has 104 valence electrons. The van der Waals surface area contributed by atoms with E-state index in [-0.39, 0.29) is 18.9 Å². The Morgan fingerprint density at radius 2 is 1.89 bits per heavy atom. The summed E-state index contributed by atoms with van der Waals surface area (Å²) in [5, 5.41) is 12.7. The van der Waals surface area contributed by atoms with Crippen LogP contribution >= 0.6 is 0 Å². The highest BCUT2D eigenvalue weighted by molar-refractivity contribution is 5.85. The van der Waals surface area contributed by atoms with Crippen molar-refractivity contribution in [2.24, 2.45) is 0 Å². The molecule has 0 fully saturated rings. The van der Waals surface area contributed by atoms with Gasteiger partial charge in [-0.15, -0.1) is 0 Å². The second-order valence-corrected chi connectivity index (χ2v) is 4.01. The van der Waals surface area contributed by atoms with Crippen LogP contribution in [-0.4, -0.2) is 29.6 Å². The average molecular weight is 265 g/mol. The summed E-state index contributed by atoms with van der Waals surface area (Å²) < 4.78 is 4.88. The summed E-state index contributed by atoms with van der Waals surface area (Å²) in [6.45, 7) is 3.54. The third-order valence-corrected chi connectivity index (χ3v) is 2.63. The number of carbonyl (C=O) groups excluding carboxylic acids is 2. The zero-order valence-corrected chi connectivity index (χ0v) is 11.1. The molecule has 0 aliphatic rings. The zero-order chi connectivity index (χ0) is 14.3. The molecule has 1 aromatic rings. The standard InChI is InChI=1S/C14H19NO4/c1-3-11(16)15-12(14(18)19-4-2)13(17)10-8-6-5-7-9-10/h5-9,12-13,17H,3-4H2,1-2H3,(H,15,16). The quantitative estimate of drug-likeness (QED) is 0.757. The van der Waals surface area contributed by atoms with Crippen molar-refractivity contribution in [2.45, 2.75) is 32.4 Å². The summed E-state index contributed by atoms with van der Waals surface area (Å²) in [6.07, 6.45) is -0.895. The number of ether oxygens (including phenoxy) is 1. The number of aliphatic hydroxyl groups is 1. The van der Waals surface area contributed by atoms with Crippen LogP contribution in [0.15, 0.2) is 30.3 Å². The number of hydrogen-bond donors (Lipinski definition) is 2. The number of rotatable bonds is 6. The van der Waals surface area contributed by atoms with E-state index in [0.717, 1.165) is 0 Å². The molecule has 2 unspecified atom stereocenters. The molecule has 0 saturated carbocycles. The Labute approximate surface area is 112 Å². The molecule has 0 spiro atoms. The predicted molar refractivity (Wildman–Crippen MR) is 70.3 cm³/mol. The summed E-state index contributed by atoms with van der Waals surface area (Å²) in [5.41, 5.74) is 0.553. The Morgan fingerprint density at radius 3 is 2.42 bits per heavy atom. The highest BCUT2D eigenvalue weighted by Gasteiger charge is 2.30.